The molecule has 0 aliphatic rings. The predicted octanol–water partition coefficient (Wildman–Crippen LogP) is 1.53. The number of aliphatic hydroxyl groups is 1. The Morgan fingerprint density at radius 1 is 1.61 bits per heavy atom. The Balaban J connectivity index is 2.91. The van der Waals surface area contributed by atoms with Crippen LogP contribution in [0, 0.1) is 0 Å². The van der Waals surface area contributed by atoms with E-state index in [2.05, 4.69) is 15.9 Å². The lowest BCUT2D eigenvalue weighted by Gasteiger charge is -2.24. The summed E-state index contributed by atoms with van der Waals surface area (Å²) in [4.78, 5) is 2.24. The number of benzene rings is 1. The minimum Gasteiger partial charge on any atom is -0.389 e. The molecule has 1 unspecified atom stereocenters. The normalized spacial score (nSPS) is 12.2. The Morgan fingerprint density at radius 2 is 2.28 bits per heavy atom. The summed E-state index contributed by atoms with van der Waals surface area (Å²) in [5.74, 6) is 0. The largest absolute Gasteiger partial charge is 0.389 e. The van der Waals surface area contributed by atoms with Gasteiger partial charge in [-0.15, -0.1) is 0 Å². The number of hydrogen-bond acceptors (Lipinski definition) is 4. The molecule has 3 N–H and O–H groups in total. The molecule has 0 saturated heterocycles. The van der Waals surface area contributed by atoms with Gasteiger partial charge < -0.3 is 20.5 Å². The van der Waals surface area contributed by atoms with Gasteiger partial charge in [-0.3, -0.25) is 0 Å². The van der Waals surface area contributed by atoms with Crippen molar-refractivity contribution in [3.63, 3.8) is 0 Å². The molecule has 0 bridgehead atoms. The second kappa shape index (κ2) is 7.04. The van der Waals surface area contributed by atoms with Gasteiger partial charge in [0.15, 0.2) is 0 Å². The van der Waals surface area contributed by atoms with E-state index in [1.165, 1.54) is 0 Å². The standard InChI is InChI=1S/C12H17BrN2O2S/c1-15(6-9(16)7-17-2)11-4-3-8(13)5-10(11)12(14)18/h3-5,9,16H,6-7H2,1-2H3,(H2,14,18). The highest BCUT2D eigenvalue weighted by molar-refractivity contribution is 9.10. The molecule has 0 aromatic heterocycles. The number of thiocarbonyl (C=S) groups is 1. The van der Waals surface area contributed by atoms with Crippen molar-refractivity contribution in [1.82, 2.24) is 0 Å². The second-order valence-electron chi connectivity index (χ2n) is 4.02. The molecular weight excluding hydrogens is 316 g/mol. The minimum atomic E-state index is -0.553. The van der Waals surface area contributed by atoms with E-state index < -0.39 is 6.10 Å². The molecule has 0 aliphatic heterocycles. The van der Waals surface area contributed by atoms with Gasteiger partial charge in [0.05, 0.1) is 12.7 Å². The summed E-state index contributed by atoms with van der Waals surface area (Å²) < 4.78 is 5.82. The maximum Gasteiger partial charge on any atom is 0.106 e. The number of aliphatic hydroxyl groups excluding tert-OH is 1. The molecule has 100 valence electrons. The summed E-state index contributed by atoms with van der Waals surface area (Å²) in [6.45, 7) is 0.744. The molecule has 0 fully saturated rings. The number of nitrogens with two attached hydrogens (primary N) is 1. The third-order valence-corrected chi connectivity index (χ3v) is 3.19. The summed E-state index contributed by atoms with van der Waals surface area (Å²) in [6.07, 6.45) is -0.553. The molecule has 0 amide bonds. The van der Waals surface area contributed by atoms with Crippen LogP contribution in [0.25, 0.3) is 0 Å². The number of likely N-dealkylation sites (N-methyl/N-ethyl adjacent to an activating group) is 1. The van der Waals surface area contributed by atoms with E-state index in [0.717, 1.165) is 15.7 Å². The van der Waals surface area contributed by atoms with Crippen LogP contribution in [0.1, 0.15) is 5.56 Å². The van der Waals surface area contributed by atoms with Crippen LogP contribution in [0.5, 0.6) is 0 Å². The first-order valence-electron chi connectivity index (χ1n) is 5.43. The summed E-state index contributed by atoms with van der Waals surface area (Å²) in [5.41, 5.74) is 7.38. The van der Waals surface area contributed by atoms with Crippen LogP contribution in [0.2, 0.25) is 0 Å². The second-order valence-corrected chi connectivity index (χ2v) is 5.37. The summed E-state index contributed by atoms with van der Waals surface area (Å²) in [7, 11) is 3.44. The van der Waals surface area contributed by atoms with Crippen molar-refractivity contribution < 1.29 is 9.84 Å². The van der Waals surface area contributed by atoms with Crippen LogP contribution in [-0.4, -0.2) is 43.5 Å². The van der Waals surface area contributed by atoms with Crippen molar-refractivity contribution in [3.05, 3.63) is 28.2 Å². The summed E-state index contributed by atoms with van der Waals surface area (Å²) in [5, 5.41) is 9.72. The molecule has 1 aromatic carbocycles. The van der Waals surface area contributed by atoms with Gasteiger partial charge >= 0.3 is 0 Å². The molecule has 1 aromatic rings. The third-order valence-electron chi connectivity index (χ3n) is 2.48. The van der Waals surface area contributed by atoms with E-state index in [1.54, 1.807) is 7.11 Å². The number of ether oxygens (including phenoxy) is 1. The lowest BCUT2D eigenvalue weighted by Crippen LogP contribution is -2.33. The fourth-order valence-corrected chi connectivity index (χ4v) is 2.22. The number of methoxy groups -OCH3 is 1. The molecule has 1 atom stereocenters. The molecule has 0 heterocycles. The predicted molar refractivity (Wildman–Crippen MR) is 81.2 cm³/mol. The zero-order valence-corrected chi connectivity index (χ0v) is 12.8. The quantitative estimate of drug-likeness (QED) is 0.773. The molecule has 0 radical (unpaired) electrons. The van der Waals surface area contributed by atoms with E-state index in [-0.39, 0.29) is 0 Å². The average Bonchev–Trinajstić information content (AvgIpc) is 2.28. The van der Waals surface area contributed by atoms with E-state index in [1.807, 2.05) is 30.1 Å². The van der Waals surface area contributed by atoms with Crippen LogP contribution in [0.15, 0.2) is 22.7 Å². The van der Waals surface area contributed by atoms with E-state index >= 15 is 0 Å². The first-order chi connectivity index (χ1) is 8.45. The third kappa shape index (κ3) is 4.20. The van der Waals surface area contributed by atoms with E-state index in [4.69, 9.17) is 22.7 Å². The van der Waals surface area contributed by atoms with Crippen molar-refractivity contribution in [2.75, 3.05) is 32.2 Å². The molecule has 6 heteroatoms. The lowest BCUT2D eigenvalue weighted by atomic mass is 10.1. The van der Waals surface area contributed by atoms with Crippen LogP contribution in [-0.2, 0) is 4.74 Å². The Hall–Kier alpha value is -0.690. The Bertz CT molecular complexity index is 429. The van der Waals surface area contributed by atoms with Gasteiger partial charge in [-0.1, -0.05) is 28.1 Å². The van der Waals surface area contributed by atoms with Gasteiger partial charge in [0.25, 0.3) is 0 Å². The van der Waals surface area contributed by atoms with Gasteiger partial charge in [0.2, 0.25) is 0 Å². The van der Waals surface area contributed by atoms with Crippen LogP contribution >= 0.6 is 28.1 Å². The number of halogens is 1. The van der Waals surface area contributed by atoms with E-state index in [0.29, 0.717) is 18.1 Å². The Labute approximate surface area is 121 Å². The zero-order chi connectivity index (χ0) is 13.7. The van der Waals surface area contributed by atoms with Gasteiger partial charge in [-0.05, 0) is 18.2 Å². The maximum atomic E-state index is 9.72. The monoisotopic (exact) mass is 332 g/mol. The highest BCUT2D eigenvalue weighted by atomic mass is 79.9. The minimum absolute atomic E-state index is 0.295. The highest BCUT2D eigenvalue weighted by Crippen LogP contribution is 2.24. The first-order valence-corrected chi connectivity index (χ1v) is 6.63. The molecule has 18 heavy (non-hydrogen) atoms. The molecular formula is C12H17BrN2O2S. The topological polar surface area (TPSA) is 58.7 Å². The van der Waals surface area contributed by atoms with Gasteiger partial charge in [0, 0.05) is 36.4 Å². The van der Waals surface area contributed by atoms with Crippen molar-refractivity contribution in [2.45, 2.75) is 6.10 Å². The molecule has 0 spiro atoms. The Morgan fingerprint density at radius 3 is 2.83 bits per heavy atom. The van der Waals surface area contributed by atoms with Crippen molar-refractivity contribution >= 4 is 38.8 Å². The van der Waals surface area contributed by atoms with Gasteiger partial charge in [-0.2, -0.15) is 0 Å². The van der Waals surface area contributed by atoms with Crippen molar-refractivity contribution in [3.8, 4) is 0 Å². The highest BCUT2D eigenvalue weighted by Gasteiger charge is 2.13. The SMILES string of the molecule is COCC(O)CN(C)c1ccc(Br)cc1C(N)=S. The van der Waals surface area contributed by atoms with Crippen molar-refractivity contribution in [2.24, 2.45) is 5.73 Å². The number of rotatable bonds is 6. The number of anilines is 1. The fourth-order valence-electron chi connectivity index (χ4n) is 1.70. The average molecular weight is 333 g/mol. The first kappa shape index (κ1) is 15.4. The fraction of sp³-hybridized carbons (Fsp3) is 0.417. The molecule has 1 rings (SSSR count). The van der Waals surface area contributed by atoms with Crippen LogP contribution in [0.4, 0.5) is 5.69 Å². The smallest absolute Gasteiger partial charge is 0.106 e. The molecule has 4 nitrogen and oxygen atoms in total. The molecule has 0 saturated carbocycles. The van der Waals surface area contributed by atoms with Crippen LogP contribution < -0.4 is 10.6 Å². The van der Waals surface area contributed by atoms with Gasteiger partial charge in [-0.25, -0.2) is 0 Å². The summed E-state index contributed by atoms with van der Waals surface area (Å²) >= 11 is 8.42. The number of hydrogen-bond donors (Lipinski definition) is 2. The lowest BCUT2D eigenvalue weighted by molar-refractivity contribution is 0.0695. The Kier molecular flexibility index (Phi) is 6.01. The molecule has 0 aliphatic carbocycles. The van der Waals surface area contributed by atoms with Crippen molar-refractivity contribution in [1.29, 1.82) is 0 Å². The maximum absolute atomic E-state index is 9.72. The zero-order valence-electron chi connectivity index (χ0n) is 10.4. The summed E-state index contributed by atoms with van der Waals surface area (Å²) in [6, 6.07) is 5.70. The van der Waals surface area contributed by atoms with E-state index in [9.17, 15) is 5.11 Å². The number of nitrogens with zero attached hydrogens (tertiary/aromatic N) is 1. The van der Waals surface area contributed by atoms with Gasteiger partial charge in [0.1, 0.15) is 4.99 Å². The van der Waals surface area contributed by atoms with Crippen LogP contribution in [0.3, 0.4) is 0 Å².